The van der Waals surface area contributed by atoms with Crippen LogP contribution in [-0.2, 0) is 52.2 Å². The van der Waals surface area contributed by atoms with E-state index >= 15 is 0 Å². The summed E-state index contributed by atoms with van der Waals surface area (Å²) in [6, 6.07) is -1.22. The fraction of sp³-hybridized carbons (Fsp3) is 0.750. The lowest BCUT2D eigenvalue weighted by Gasteiger charge is -2.42. The van der Waals surface area contributed by atoms with E-state index in [4.69, 9.17) is 23.7 Å². The van der Waals surface area contributed by atoms with Gasteiger partial charge in [-0.15, -0.1) is 5.09 Å². The Bertz CT molecular complexity index is 1880. The Morgan fingerprint density at radius 3 is 2.28 bits per heavy atom. The number of ketones is 3. The number of amides is 1. The Kier molecular flexibility index (Phi) is 22.6. The molecule has 4 rings (SSSR count). The van der Waals surface area contributed by atoms with Crippen LogP contribution >= 0.6 is 7.95 Å². The minimum Gasteiger partial charge on any atom is -0.460 e. The van der Waals surface area contributed by atoms with Crippen LogP contribution in [-0.4, -0.2) is 133 Å². The van der Waals surface area contributed by atoms with Crippen molar-refractivity contribution in [3.8, 4) is 0 Å². The molecule has 3 unspecified atom stereocenters. The maximum absolute atomic E-state index is 14.5. The number of piperidine rings is 1. The highest BCUT2D eigenvalue weighted by Gasteiger charge is 2.53. The Hall–Kier alpha value is -3.27. The van der Waals surface area contributed by atoms with Crippen molar-refractivity contribution in [1.82, 2.24) is 9.99 Å². The van der Waals surface area contributed by atoms with E-state index in [1.807, 2.05) is 58.1 Å². The van der Waals surface area contributed by atoms with Gasteiger partial charge >= 0.3 is 13.9 Å². The molecule has 16 heteroatoms. The normalized spacial score (nSPS) is 38.1. The molecule has 15 nitrogen and oxygen atoms in total. The van der Waals surface area contributed by atoms with Gasteiger partial charge in [0, 0.05) is 58.5 Å². The first kappa shape index (κ1) is 57.3. The number of allylic oxidation sites excluding steroid dienone is 6. The van der Waals surface area contributed by atoms with Crippen LogP contribution in [0.3, 0.4) is 0 Å². The van der Waals surface area contributed by atoms with Gasteiger partial charge in [-0.3, -0.25) is 19.2 Å². The average Bonchev–Trinajstić information content (AvgIpc) is 3.30. The molecule has 3 aliphatic heterocycles. The van der Waals surface area contributed by atoms with Gasteiger partial charge in [-0.2, -0.15) is 0 Å². The molecule has 1 aliphatic carbocycles. The number of Topliss-reactive ketones (excluding diaryl/α,β-unsaturated/α-hetero) is 3. The van der Waals surface area contributed by atoms with E-state index in [0.29, 0.717) is 56.9 Å². The number of esters is 1. The Morgan fingerprint density at radius 1 is 0.897 bits per heavy atom. The smallest absolute Gasteiger partial charge is 0.429 e. The van der Waals surface area contributed by atoms with E-state index in [1.165, 1.54) is 12.0 Å². The third kappa shape index (κ3) is 15.4. The van der Waals surface area contributed by atoms with E-state index in [0.717, 1.165) is 18.4 Å². The summed E-state index contributed by atoms with van der Waals surface area (Å²) in [6.45, 7) is 14.4. The van der Waals surface area contributed by atoms with Gasteiger partial charge in [0.15, 0.2) is 12.4 Å². The first-order valence-electron chi connectivity index (χ1n) is 24.8. The van der Waals surface area contributed by atoms with Crippen molar-refractivity contribution in [3.05, 3.63) is 47.6 Å². The second kappa shape index (κ2) is 26.8. The van der Waals surface area contributed by atoms with Crippen LogP contribution in [0.1, 0.15) is 126 Å². The van der Waals surface area contributed by atoms with Gasteiger partial charge in [-0.1, -0.05) is 75.6 Å². The summed E-state index contributed by atoms with van der Waals surface area (Å²) in [6.07, 6.45) is 12.2. The molecule has 2 saturated heterocycles. The summed E-state index contributed by atoms with van der Waals surface area (Å²) in [5, 5.41) is 26.6. The summed E-state index contributed by atoms with van der Waals surface area (Å²) in [5.74, 6) is -7.97. The van der Waals surface area contributed by atoms with E-state index < -0.39 is 85.7 Å². The molecule has 3 fully saturated rings. The van der Waals surface area contributed by atoms with Crippen molar-refractivity contribution in [2.24, 2.45) is 35.5 Å². The molecule has 1 saturated carbocycles. The molecule has 0 aromatic rings. The molecular weight excluding hydrogens is 892 g/mol. The first-order chi connectivity index (χ1) is 32.1. The fourth-order valence-corrected chi connectivity index (χ4v) is 11.3. The van der Waals surface area contributed by atoms with E-state index in [-0.39, 0.29) is 60.9 Å². The number of rotatable bonds is 8. The van der Waals surface area contributed by atoms with Gasteiger partial charge in [-0.25, -0.2) is 4.79 Å². The Morgan fingerprint density at radius 2 is 1.62 bits per heavy atom. The van der Waals surface area contributed by atoms with Crippen LogP contribution in [0.25, 0.3) is 0 Å². The summed E-state index contributed by atoms with van der Waals surface area (Å²) in [5.41, 5.74) is 1.26. The summed E-state index contributed by atoms with van der Waals surface area (Å²) in [7, 11) is 3.00. The van der Waals surface area contributed by atoms with Crippen LogP contribution < -0.4 is 5.09 Å². The predicted molar refractivity (Wildman–Crippen MR) is 260 cm³/mol. The summed E-state index contributed by atoms with van der Waals surface area (Å²) < 4.78 is 41.8. The summed E-state index contributed by atoms with van der Waals surface area (Å²) in [4.78, 5) is 72.1. The molecule has 0 spiro atoms. The van der Waals surface area contributed by atoms with E-state index in [2.05, 4.69) is 5.09 Å². The van der Waals surface area contributed by atoms with Gasteiger partial charge in [0.05, 0.1) is 24.4 Å². The number of aliphatic hydroxyl groups excluding tert-OH is 1. The topological polar surface area (TPSA) is 204 Å². The van der Waals surface area contributed by atoms with Gasteiger partial charge in [0.1, 0.15) is 30.1 Å². The summed E-state index contributed by atoms with van der Waals surface area (Å²) >= 11 is 0. The van der Waals surface area contributed by atoms with Crippen molar-refractivity contribution >= 4 is 37.2 Å². The highest BCUT2D eigenvalue weighted by atomic mass is 31.1. The molecule has 16 atom stereocenters. The maximum Gasteiger partial charge on any atom is 0.429 e. The third-order valence-electron chi connectivity index (χ3n) is 14.9. The molecule has 68 heavy (non-hydrogen) atoms. The van der Waals surface area contributed by atoms with Crippen LogP contribution in [0, 0.1) is 35.5 Å². The number of aliphatic hydroxyl groups is 2. The average molecular weight is 974 g/mol. The van der Waals surface area contributed by atoms with Crippen LogP contribution in [0.2, 0.25) is 0 Å². The molecule has 3 heterocycles. The second-order valence-electron chi connectivity index (χ2n) is 20.3. The highest BCUT2D eigenvalue weighted by molar-refractivity contribution is 7.41. The third-order valence-corrected chi connectivity index (χ3v) is 15.6. The molecule has 4 aliphatic rings. The standard InChI is InChI=1S/C52H82N2O13P/c1-31-17-13-12-14-18-32(2)43(63-8)29-39-22-20-37(7)52(61,67-39)49(58)50(59)54-24-16-15-19-41(54)51(60)66-44(34(4)27-38-21-23-40(53-68(11)62)45(28-38)64-9)30-42(55)33(3)26-36(6)47(57)48(65-10)46(56)35(5)25-31/h12-14,17-18,26,31,33-35,37-41,43-45,47-48,57,61H,15-16,19-25,27-30H2,1-11H3,(H,53,62)/q+1/b14-12?,17-13+,32-18?,36-26+/t31-,33-,34-,35-,37-,38+,39+,40?,41+,43+,44?,45-,47-,48+,52-/m1/s1. The number of carbonyl (C=O) groups excluding carboxylic acids is 5. The number of nitrogens with zero attached hydrogens (tertiary/aromatic N) is 1. The van der Waals surface area contributed by atoms with E-state index in [1.54, 1.807) is 47.7 Å². The van der Waals surface area contributed by atoms with Crippen molar-refractivity contribution in [3.63, 3.8) is 0 Å². The number of hydrogen-bond donors (Lipinski definition) is 3. The molecule has 0 radical (unpaired) electrons. The number of carbonyl (C=O) groups is 5. The molecule has 0 aromatic heterocycles. The molecule has 0 aromatic carbocycles. The number of cyclic esters (lactones) is 1. The zero-order valence-electron chi connectivity index (χ0n) is 42.5. The SMILES string of the molecule is CO[C@H]1C[C@@H]2CC[C@@H](C)[C@@](O)(O2)C(=O)C(=O)N2CCCC[C@H]2C(=O)OC([C@H](C)C[C@@H]2CCC(N[P+](C)=O)[C@H](OC)C2)CC(=O)[C@H](C)/C=C(\C)[C@@H](O)[C@@H](OC)C(=O)[C@H](C)C[C@H](C)/C=C/C=CC=C1C. The van der Waals surface area contributed by atoms with Gasteiger partial charge < -0.3 is 38.8 Å². The van der Waals surface area contributed by atoms with Crippen molar-refractivity contribution in [1.29, 1.82) is 0 Å². The highest BCUT2D eigenvalue weighted by Crippen LogP contribution is 2.38. The Balaban J connectivity index is 1.70. The lowest BCUT2D eigenvalue weighted by molar-refractivity contribution is -0.265. The number of hydrogen-bond acceptors (Lipinski definition) is 13. The molecule has 1 amide bonds. The number of methoxy groups -OCH3 is 3. The number of ether oxygens (including phenoxy) is 5. The van der Waals surface area contributed by atoms with Crippen molar-refractivity contribution in [2.45, 2.75) is 180 Å². The minimum absolute atomic E-state index is 0.0153. The van der Waals surface area contributed by atoms with Gasteiger partial charge in [0.2, 0.25) is 5.79 Å². The van der Waals surface area contributed by atoms with Crippen LogP contribution in [0.4, 0.5) is 0 Å². The molecule has 3 N–H and O–H groups in total. The minimum atomic E-state index is -2.43. The molecule has 382 valence electrons. The van der Waals surface area contributed by atoms with E-state index in [9.17, 15) is 38.8 Å². The Labute approximate surface area is 406 Å². The predicted octanol–water partition coefficient (Wildman–Crippen LogP) is 7.15. The quantitative estimate of drug-likeness (QED) is 0.0957. The van der Waals surface area contributed by atoms with Crippen molar-refractivity contribution in [2.75, 3.05) is 34.5 Å². The van der Waals surface area contributed by atoms with Gasteiger partial charge in [-0.05, 0) is 107 Å². The fourth-order valence-electron chi connectivity index (χ4n) is 10.5. The van der Waals surface area contributed by atoms with Crippen LogP contribution in [0.5, 0.6) is 0 Å². The zero-order valence-corrected chi connectivity index (χ0v) is 43.4. The lowest BCUT2D eigenvalue weighted by Crippen LogP contribution is -2.61. The zero-order chi connectivity index (χ0) is 50.5. The molecule has 2 bridgehead atoms. The second-order valence-corrected chi connectivity index (χ2v) is 21.5. The monoisotopic (exact) mass is 974 g/mol. The van der Waals surface area contributed by atoms with Crippen LogP contribution in [0.15, 0.2) is 47.6 Å². The number of nitrogens with one attached hydrogen (secondary N) is 1. The van der Waals surface area contributed by atoms with Crippen molar-refractivity contribution < 1.29 is 62.4 Å². The molecular formula is C52H82N2O13P+. The van der Waals surface area contributed by atoms with Gasteiger partial charge in [0.25, 0.3) is 11.7 Å². The first-order valence-corrected chi connectivity index (χ1v) is 26.5. The lowest BCUT2D eigenvalue weighted by atomic mass is 9.78. The number of fused-ring (bicyclic) bond motifs is 3. The maximum atomic E-state index is 14.5. The largest absolute Gasteiger partial charge is 0.460 e.